The van der Waals surface area contributed by atoms with E-state index >= 15 is 0 Å². The maximum Gasteiger partial charge on any atom is 0.197 e. The van der Waals surface area contributed by atoms with Gasteiger partial charge < -0.3 is 0 Å². The van der Waals surface area contributed by atoms with E-state index in [1.54, 1.807) is 11.3 Å². The van der Waals surface area contributed by atoms with Crippen LogP contribution in [0.15, 0.2) is 6.20 Å². The molecule has 0 bridgehead atoms. The molecule has 0 amide bonds. The van der Waals surface area contributed by atoms with Gasteiger partial charge in [0.15, 0.2) is 5.13 Å². The van der Waals surface area contributed by atoms with Crippen molar-refractivity contribution in [1.29, 1.82) is 0 Å². The van der Waals surface area contributed by atoms with Crippen LogP contribution in [0.5, 0.6) is 0 Å². The van der Waals surface area contributed by atoms with E-state index < -0.39 is 0 Å². The van der Waals surface area contributed by atoms with E-state index in [-0.39, 0.29) is 0 Å². The summed E-state index contributed by atoms with van der Waals surface area (Å²) in [4.78, 5) is 5.49. The summed E-state index contributed by atoms with van der Waals surface area (Å²) < 4.78 is 0. The number of nitrogens with two attached hydrogens (primary N) is 1. The van der Waals surface area contributed by atoms with Crippen LogP contribution >= 0.6 is 23.1 Å². The second-order valence-electron chi connectivity index (χ2n) is 3.85. The summed E-state index contributed by atoms with van der Waals surface area (Å²) in [6.07, 6.45) is 8.97. The minimum absolute atomic E-state index is 0.814. The maximum atomic E-state index is 5.29. The number of hydrazine groups is 1. The lowest BCUT2D eigenvalue weighted by molar-refractivity contribution is 0.516. The van der Waals surface area contributed by atoms with E-state index in [2.05, 4.69) is 22.2 Å². The average molecular weight is 243 g/mol. The van der Waals surface area contributed by atoms with Crippen LogP contribution in [0.3, 0.4) is 0 Å². The van der Waals surface area contributed by atoms with E-state index in [1.165, 1.54) is 37.0 Å². The summed E-state index contributed by atoms with van der Waals surface area (Å²) in [5, 5.41) is 1.68. The van der Waals surface area contributed by atoms with Crippen molar-refractivity contribution in [3.05, 3.63) is 11.1 Å². The molecular weight excluding hydrogens is 226 g/mol. The highest BCUT2D eigenvalue weighted by molar-refractivity contribution is 7.99. The third kappa shape index (κ3) is 3.36. The molecule has 3 N–H and O–H groups in total. The number of nitrogens with one attached hydrogen (secondary N) is 1. The Kier molecular flexibility index (Phi) is 4.29. The molecule has 1 aliphatic rings. The van der Waals surface area contributed by atoms with Gasteiger partial charge in [-0.1, -0.05) is 19.3 Å². The molecule has 15 heavy (non-hydrogen) atoms. The Hall–Kier alpha value is -0.260. The Balaban J connectivity index is 1.76. The molecule has 0 unspecified atom stereocenters. The lowest BCUT2D eigenvalue weighted by Crippen LogP contribution is -2.07. The largest absolute Gasteiger partial charge is 0.300 e. The van der Waals surface area contributed by atoms with Gasteiger partial charge in [-0.2, -0.15) is 11.8 Å². The molecule has 0 aliphatic heterocycles. The van der Waals surface area contributed by atoms with Crippen molar-refractivity contribution < 1.29 is 0 Å². The molecule has 5 heteroatoms. The molecule has 1 aromatic rings. The Labute approximate surface area is 98.8 Å². The highest BCUT2D eigenvalue weighted by Gasteiger charge is 2.14. The van der Waals surface area contributed by atoms with Crippen LogP contribution in [-0.4, -0.2) is 10.2 Å². The van der Waals surface area contributed by atoms with Crippen molar-refractivity contribution in [3.8, 4) is 0 Å². The smallest absolute Gasteiger partial charge is 0.197 e. The van der Waals surface area contributed by atoms with Crippen molar-refractivity contribution in [2.75, 3.05) is 5.43 Å². The predicted octanol–water partition coefficient (Wildman–Crippen LogP) is 2.99. The van der Waals surface area contributed by atoms with E-state index in [1.807, 2.05) is 6.20 Å². The van der Waals surface area contributed by atoms with Gasteiger partial charge in [0.1, 0.15) is 0 Å². The lowest BCUT2D eigenvalue weighted by Gasteiger charge is -2.20. The van der Waals surface area contributed by atoms with Gasteiger partial charge in [-0.15, -0.1) is 11.3 Å². The average Bonchev–Trinajstić information content (AvgIpc) is 2.76. The summed E-state index contributed by atoms with van der Waals surface area (Å²) in [5.41, 5.74) is 2.58. The zero-order valence-electron chi connectivity index (χ0n) is 8.74. The molecule has 1 fully saturated rings. The zero-order valence-corrected chi connectivity index (χ0v) is 10.4. The minimum Gasteiger partial charge on any atom is -0.300 e. The molecule has 1 aromatic heterocycles. The quantitative estimate of drug-likeness (QED) is 0.630. The number of thioether (sulfide) groups is 1. The second-order valence-corrected chi connectivity index (χ2v) is 6.25. The number of rotatable bonds is 4. The number of nitrogens with zero attached hydrogens (tertiary/aromatic N) is 1. The Morgan fingerprint density at radius 3 is 2.93 bits per heavy atom. The molecule has 2 rings (SSSR count). The molecule has 1 saturated carbocycles. The van der Waals surface area contributed by atoms with E-state index in [0.29, 0.717) is 0 Å². The number of thiazole rings is 1. The van der Waals surface area contributed by atoms with Crippen molar-refractivity contribution in [2.45, 2.75) is 43.1 Å². The standard InChI is InChI=1S/C10H17N3S2/c11-13-10-12-6-9(15-10)7-14-8-4-2-1-3-5-8/h6,8H,1-5,7,11H2,(H,12,13). The molecule has 1 heterocycles. The third-order valence-electron chi connectivity index (χ3n) is 2.69. The number of anilines is 1. The third-order valence-corrected chi connectivity index (χ3v) is 5.22. The summed E-state index contributed by atoms with van der Waals surface area (Å²) in [5.74, 6) is 6.38. The molecule has 3 nitrogen and oxygen atoms in total. The highest BCUT2D eigenvalue weighted by atomic mass is 32.2. The van der Waals surface area contributed by atoms with Gasteiger partial charge in [-0.05, 0) is 12.8 Å². The molecule has 1 aliphatic carbocycles. The topological polar surface area (TPSA) is 50.9 Å². The SMILES string of the molecule is NNc1ncc(CSC2CCCCC2)s1. The van der Waals surface area contributed by atoms with Gasteiger partial charge in [0.2, 0.25) is 0 Å². The van der Waals surface area contributed by atoms with Crippen LogP contribution in [0.25, 0.3) is 0 Å². The summed E-state index contributed by atoms with van der Waals surface area (Å²) in [7, 11) is 0. The zero-order chi connectivity index (χ0) is 10.5. The fourth-order valence-corrected chi connectivity index (χ4v) is 3.97. The molecule has 0 spiro atoms. The van der Waals surface area contributed by atoms with Gasteiger partial charge in [0, 0.05) is 22.1 Å². The van der Waals surface area contributed by atoms with Crippen LogP contribution in [0.2, 0.25) is 0 Å². The van der Waals surface area contributed by atoms with Crippen LogP contribution in [0.4, 0.5) is 5.13 Å². The number of hydrogen-bond acceptors (Lipinski definition) is 5. The van der Waals surface area contributed by atoms with Crippen molar-refractivity contribution in [1.82, 2.24) is 4.98 Å². The van der Waals surface area contributed by atoms with E-state index in [9.17, 15) is 0 Å². The lowest BCUT2D eigenvalue weighted by atomic mass is 10.0. The second kappa shape index (κ2) is 5.72. The van der Waals surface area contributed by atoms with Crippen LogP contribution in [0, 0.1) is 0 Å². The first-order valence-corrected chi connectivity index (χ1v) is 7.28. The van der Waals surface area contributed by atoms with Crippen LogP contribution in [0.1, 0.15) is 37.0 Å². The highest BCUT2D eigenvalue weighted by Crippen LogP contribution is 2.32. The first kappa shape index (κ1) is 11.2. The Morgan fingerprint density at radius 1 is 1.47 bits per heavy atom. The van der Waals surface area contributed by atoms with Gasteiger partial charge >= 0.3 is 0 Å². The maximum absolute atomic E-state index is 5.29. The Morgan fingerprint density at radius 2 is 2.27 bits per heavy atom. The predicted molar refractivity (Wildman–Crippen MR) is 68.1 cm³/mol. The van der Waals surface area contributed by atoms with Crippen molar-refractivity contribution in [2.24, 2.45) is 5.84 Å². The number of nitrogen functional groups attached to an aromatic ring is 1. The Bertz CT molecular complexity index is 295. The summed E-state index contributed by atoms with van der Waals surface area (Å²) in [6.45, 7) is 0. The van der Waals surface area contributed by atoms with Crippen molar-refractivity contribution in [3.63, 3.8) is 0 Å². The van der Waals surface area contributed by atoms with Crippen LogP contribution < -0.4 is 11.3 Å². The van der Waals surface area contributed by atoms with E-state index in [4.69, 9.17) is 5.84 Å². The fourth-order valence-electron chi connectivity index (χ4n) is 1.87. The molecule has 0 radical (unpaired) electrons. The molecule has 0 atom stereocenters. The summed E-state index contributed by atoms with van der Waals surface area (Å²) >= 11 is 3.73. The molecule has 84 valence electrons. The first-order valence-electron chi connectivity index (χ1n) is 5.41. The van der Waals surface area contributed by atoms with Gasteiger partial charge in [0.25, 0.3) is 0 Å². The summed E-state index contributed by atoms with van der Waals surface area (Å²) in [6, 6.07) is 0. The number of aromatic nitrogens is 1. The van der Waals surface area contributed by atoms with Gasteiger partial charge in [-0.25, -0.2) is 10.8 Å². The van der Waals surface area contributed by atoms with Crippen LogP contribution in [-0.2, 0) is 5.75 Å². The van der Waals surface area contributed by atoms with Gasteiger partial charge in [0.05, 0.1) is 0 Å². The minimum atomic E-state index is 0.814. The monoisotopic (exact) mass is 243 g/mol. The molecule has 0 saturated heterocycles. The van der Waals surface area contributed by atoms with Crippen molar-refractivity contribution >= 4 is 28.2 Å². The number of hydrogen-bond donors (Lipinski definition) is 2. The van der Waals surface area contributed by atoms with Gasteiger partial charge in [-0.3, -0.25) is 5.43 Å². The van der Waals surface area contributed by atoms with E-state index in [0.717, 1.165) is 16.1 Å². The normalized spacial score (nSPS) is 17.9. The fraction of sp³-hybridized carbons (Fsp3) is 0.700. The molecular formula is C10H17N3S2. The first-order chi connectivity index (χ1) is 7.38. The molecule has 0 aromatic carbocycles.